The highest BCUT2D eigenvalue weighted by atomic mass is 31.2. The number of hydrogen-bond acceptors (Lipinski definition) is 5. The van der Waals surface area contributed by atoms with Gasteiger partial charge in [-0.2, -0.15) is 0 Å². The smallest absolute Gasteiger partial charge is 0.312 e. The Morgan fingerprint density at radius 2 is 1.79 bits per heavy atom. The molecule has 0 radical (unpaired) electrons. The Morgan fingerprint density at radius 1 is 1.36 bits per heavy atom. The van der Waals surface area contributed by atoms with E-state index in [0.29, 0.717) is 0 Å². The number of hydrogen-bond donors (Lipinski definition) is 0. The van der Waals surface area contributed by atoms with E-state index in [-0.39, 0.29) is 5.92 Å². The number of nitro groups is 1. The van der Waals surface area contributed by atoms with Gasteiger partial charge in [-0.15, -0.1) is 0 Å². The molecule has 6 nitrogen and oxygen atoms in total. The molecule has 1 unspecified atom stereocenters. The van der Waals surface area contributed by atoms with Crippen LogP contribution in [0.5, 0.6) is 0 Å². The summed E-state index contributed by atoms with van der Waals surface area (Å²) in [6.07, 6.45) is 0. The standard InChI is InChI=1S/C7H16NO5P/c1-6(2)7(5-8(9)10)14(11,12-3)13-4/h6-7H,5H2,1-4H3. The molecule has 0 amide bonds. The first kappa shape index (κ1) is 13.5. The van der Waals surface area contributed by atoms with Crippen LogP contribution in [0.4, 0.5) is 0 Å². The van der Waals surface area contributed by atoms with Gasteiger partial charge < -0.3 is 9.05 Å². The van der Waals surface area contributed by atoms with Crippen LogP contribution in [0, 0.1) is 16.0 Å². The molecule has 84 valence electrons. The molecular weight excluding hydrogens is 209 g/mol. The van der Waals surface area contributed by atoms with E-state index in [4.69, 9.17) is 9.05 Å². The van der Waals surface area contributed by atoms with Gasteiger partial charge in [-0.3, -0.25) is 14.7 Å². The molecular formula is C7H16NO5P. The quantitative estimate of drug-likeness (QED) is 0.391. The summed E-state index contributed by atoms with van der Waals surface area (Å²) in [5.41, 5.74) is -0.701. The molecule has 0 aliphatic heterocycles. The van der Waals surface area contributed by atoms with Crippen LogP contribution in [0.1, 0.15) is 13.8 Å². The van der Waals surface area contributed by atoms with Crippen LogP contribution in [0.25, 0.3) is 0 Å². The minimum atomic E-state index is -3.34. The molecule has 0 bridgehead atoms. The van der Waals surface area contributed by atoms with E-state index in [2.05, 4.69) is 0 Å². The molecule has 14 heavy (non-hydrogen) atoms. The Kier molecular flexibility index (Phi) is 5.26. The van der Waals surface area contributed by atoms with Gasteiger partial charge >= 0.3 is 7.60 Å². The summed E-state index contributed by atoms with van der Waals surface area (Å²) in [7, 11) is -0.872. The van der Waals surface area contributed by atoms with Gasteiger partial charge in [0.1, 0.15) is 5.66 Å². The van der Waals surface area contributed by atoms with Gasteiger partial charge in [-0.05, 0) is 5.92 Å². The molecule has 0 aliphatic rings. The second-order valence-electron chi connectivity index (χ2n) is 3.23. The molecule has 0 saturated carbocycles. The molecule has 0 saturated heterocycles. The Labute approximate surface area is 83.3 Å². The van der Waals surface area contributed by atoms with E-state index < -0.39 is 24.7 Å². The van der Waals surface area contributed by atoms with E-state index in [1.54, 1.807) is 13.8 Å². The van der Waals surface area contributed by atoms with Crippen molar-refractivity contribution in [1.82, 2.24) is 0 Å². The molecule has 0 fully saturated rings. The van der Waals surface area contributed by atoms with E-state index in [1.165, 1.54) is 14.2 Å². The molecule has 0 rings (SSSR count). The fourth-order valence-electron chi connectivity index (χ4n) is 1.17. The van der Waals surface area contributed by atoms with Crippen molar-refractivity contribution in [3.63, 3.8) is 0 Å². The lowest BCUT2D eigenvalue weighted by Crippen LogP contribution is -2.26. The van der Waals surface area contributed by atoms with Crippen molar-refractivity contribution in [2.24, 2.45) is 5.92 Å². The SMILES string of the molecule is COP(=O)(OC)C(C[N+](=O)[O-])C(C)C. The third-order valence-corrected chi connectivity index (χ3v) is 4.61. The monoisotopic (exact) mass is 225 g/mol. The van der Waals surface area contributed by atoms with E-state index in [1.807, 2.05) is 0 Å². The van der Waals surface area contributed by atoms with Gasteiger partial charge in [-0.1, -0.05) is 13.8 Å². The summed E-state index contributed by atoms with van der Waals surface area (Å²) in [6, 6.07) is 0. The largest absolute Gasteiger partial charge is 0.340 e. The fraction of sp³-hybridized carbons (Fsp3) is 1.00. The highest BCUT2D eigenvalue weighted by molar-refractivity contribution is 7.54. The van der Waals surface area contributed by atoms with Crippen LogP contribution in [0.15, 0.2) is 0 Å². The van der Waals surface area contributed by atoms with Crippen LogP contribution in [0.2, 0.25) is 0 Å². The summed E-state index contributed by atoms with van der Waals surface area (Å²) >= 11 is 0. The van der Waals surface area contributed by atoms with Crippen molar-refractivity contribution < 1.29 is 18.5 Å². The third kappa shape index (κ3) is 3.36. The lowest BCUT2D eigenvalue weighted by molar-refractivity contribution is -0.480. The van der Waals surface area contributed by atoms with Gasteiger partial charge in [0.05, 0.1) is 0 Å². The van der Waals surface area contributed by atoms with E-state index in [9.17, 15) is 14.7 Å². The first-order chi connectivity index (χ1) is 6.37. The highest BCUT2D eigenvalue weighted by Crippen LogP contribution is 2.54. The maximum Gasteiger partial charge on any atom is 0.340 e. The van der Waals surface area contributed by atoms with Crippen molar-refractivity contribution in [2.45, 2.75) is 19.5 Å². The molecule has 0 aromatic carbocycles. The normalized spacial score (nSPS) is 14.4. The predicted octanol–water partition coefficient (Wildman–Crippen LogP) is 1.77. The predicted molar refractivity (Wildman–Crippen MR) is 52.1 cm³/mol. The van der Waals surface area contributed by atoms with Crippen molar-refractivity contribution >= 4 is 7.60 Å². The summed E-state index contributed by atoms with van der Waals surface area (Å²) in [5.74, 6) is -0.133. The summed E-state index contributed by atoms with van der Waals surface area (Å²) in [6.45, 7) is 3.09. The van der Waals surface area contributed by atoms with Gasteiger partial charge in [0.25, 0.3) is 0 Å². The zero-order valence-electron chi connectivity index (χ0n) is 8.80. The second-order valence-corrected chi connectivity index (χ2v) is 5.70. The fourth-order valence-corrected chi connectivity index (χ4v) is 2.93. The van der Waals surface area contributed by atoms with Crippen molar-refractivity contribution in [2.75, 3.05) is 20.8 Å². The van der Waals surface area contributed by atoms with E-state index >= 15 is 0 Å². The second kappa shape index (κ2) is 5.44. The van der Waals surface area contributed by atoms with Crippen LogP contribution < -0.4 is 0 Å². The van der Waals surface area contributed by atoms with Gasteiger partial charge in [0.2, 0.25) is 6.54 Å². The molecule has 0 aromatic rings. The Bertz CT molecular complexity index is 234. The number of rotatable bonds is 6. The molecule has 0 heterocycles. The average molecular weight is 225 g/mol. The van der Waals surface area contributed by atoms with Crippen molar-refractivity contribution in [3.8, 4) is 0 Å². The van der Waals surface area contributed by atoms with Gasteiger partial charge in [0, 0.05) is 19.1 Å². The Balaban J connectivity index is 4.79. The Hall–Kier alpha value is -0.450. The van der Waals surface area contributed by atoms with Gasteiger partial charge in [-0.25, -0.2) is 0 Å². The maximum absolute atomic E-state index is 11.9. The lowest BCUT2D eigenvalue weighted by Gasteiger charge is -2.23. The van der Waals surface area contributed by atoms with Gasteiger partial charge in [0.15, 0.2) is 0 Å². The molecule has 1 atom stereocenters. The van der Waals surface area contributed by atoms with Crippen molar-refractivity contribution in [1.29, 1.82) is 0 Å². The molecule has 0 aromatic heterocycles. The van der Waals surface area contributed by atoms with E-state index in [0.717, 1.165) is 0 Å². The molecule has 0 spiro atoms. The van der Waals surface area contributed by atoms with Crippen molar-refractivity contribution in [3.05, 3.63) is 10.1 Å². The average Bonchev–Trinajstić information content (AvgIpc) is 2.12. The van der Waals surface area contributed by atoms with Crippen LogP contribution >= 0.6 is 7.60 Å². The molecule has 0 N–H and O–H groups in total. The maximum atomic E-state index is 11.9. The highest BCUT2D eigenvalue weighted by Gasteiger charge is 2.40. The zero-order valence-corrected chi connectivity index (χ0v) is 9.69. The summed E-state index contributed by atoms with van der Waals surface area (Å²) in [4.78, 5) is 9.86. The summed E-state index contributed by atoms with van der Waals surface area (Å²) in [5, 5.41) is 10.4. The van der Waals surface area contributed by atoms with Crippen LogP contribution in [-0.2, 0) is 13.6 Å². The summed E-state index contributed by atoms with van der Waals surface area (Å²) < 4.78 is 21.4. The molecule has 7 heteroatoms. The zero-order chi connectivity index (χ0) is 11.4. The lowest BCUT2D eigenvalue weighted by atomic mass is 10.1. The number of nitrogens with zero attached hydrogens (tertiary/aromatic N) is 1. The third-order valence-electron chi connectivity index (χ3n) is 2.02. The molecule has 0 aliphatic carbocycles. The van der Waals surface area contributed by atoms with Crippen LogP contribution in [0.3, 0.4) is 0 Å². The topological polar surface area (TPSA) is 78.7 Å². The Morgan fingerprint density at radius 3 is 2.00 bits per heavy atom. The first-order valence-electron chi connectivity index (χ1n) is 4.20. The minimum absolute atomic E-state index is 0.133. The van der Waals surface area contributed by atoms with Crippen LogP contribution in [-0.4, -0.2) is 31.3 Å². The minimum Gasteiger partial charge on any atom is -0.312 e. The first-order valence-corrected chi connectivity index (χ1v) is 5.81.